The van der Waals surface area contributed by atoms with Crippen LogP contribution in [0.15, 0.2) is 42.7 Å². The molecule has 0 saturated carbocycles. The van der Waals surface area contributed by atoms with Crippen molar-refractivity contribution in [3.05, 3.63) is 59.7 Å². The summed E-state index contributed by atoms with van der Waals surface area (Å²) in [7, 11) is 1.25. The number of anilines is 1. The van der Waals surface area contributed by atoms with E-state index in [1.165, 1.54) is 19.2 Å². The van der Waals surface area contributed by atoms with E-state index in [-0.39, 0.29) is 35.3 Å². The number of carbonyl (C=O) groups is 2. The van der Waals surface area contributed by atoms with Gasteiger partial charge in [-0.1, -0.05) is 0 Å². The number of methoxy groups -OCH3 is 1. The minimum atomic E-state index is -0.611. The van der Waals surface area contributed by atoms with Gasteiger partial charge in [-0.3, -0.25) is 9.78 Å². The number of nitrogens with one attached hydrogen (secondary N) is 1. The lowest BCUT2D eigenvalue weighted by Gasteiger charge is -2.27. The summed E-state index contributed by atoms with van der Waals surface area (Å²) in [4.78, 5) is 28.7. The molecule has 2 saturated heterocycles. The number of nitrogens with zero attached hydrogens (tertiary/aromatic N) is 1. The highest BCUT2D eigenvalue weighted by Crippen LogP contribution is 2.49. The molecule has 140 valence electrons. The molecular weight excluding hydrogens is 351 g/mol. The molecule has 2 aliphatic rings. The first-order chi connectivity index (χ1) is 13.1. The van der Waals surface area contributed by atoms with Crippen LogP contribution in [0.1, 0.15) is 34.7 Å². The highest BCUT2D eigenvalue weighted by Gasteiger charge is 2.52. The van der Waals surface area contributed by atoms with Crippen LogP contribution in [-0.4, -0.2) is 36.2 Å². The summed E-state index contributed by atoms with van der Waals surface area (Å²) in [5.41, 5.74) is 1.12. The van der Waals surface area contributed by atoms with Gasteiger partial charge in [0.05, 0.1) is 36.5 Å². The van der Waals surface area contributed by atoms with Gasteiger partial charge in [0.2, 0.25) is 5.91 Å². The number of hydrogen-bond acceptors (Lipinski definition) is 5. The number of benzene rings is 1. The number of halogens is 1. The molecule has 0 radical (unpaired) electrons. The predicted molar refractivity (Wildman–Crippen MR) is 94.7 cm³/mol. The van der Waals surface area contributed by atoms with Crippen LogP contribution in [0.2, 0.25) is 0 Å². The van der Waals surface area contributed by atoms with Crippen molar-refractivity contribution in [1.29, 1.82) is 0 Å². The van der Waals surface area contributed by atoms with E-state index < -0.39 is 17.7 Å². The Morgan fingerprint density at radius 1 is 1.19 bits per heavy atom. The average Bonchev–Trinajstić information content (AvgIpc) is 3.31. The normalized spacial score (nSPS) is 26.0. The van der Waals surface area contributed by atoms with Crippen molar-refractivity contribution < 1.29 is 23.5 Å². The van der Waals surface area contributed by atoms with E-state index in [0.29, 0.717) is 0 Å². The zero-order valence-corrected chi connectivity index (χ0v) is 14.7. The molecule has 1 amide bonds. The summed E-state index contributed by atoms with van der Waals surface area (Å²) in [6, 6.07) is 7.51. The summed E-state index contributed by atoms with van der Waals surface area (Å²) in [6.07, 6.45) is 4.85. The third-order valence-electron chi connectivity index (χ3n) is 5.31. The molecule has 0 aliphatic carbocycles. The molecule has 2 fully saturated rings. The lowest BCUT2D eigenvalue weighted by molar-refractivity contribution is -0.121. The van der Waals surface area contributed by atoms with Gasteiger partial charge in [-0.25, -0.2) is 9.18 Å². The molecule has 1 N–H and O–H groups in total. The van der Waals surface area contributed by atoms with Gasteiger partial charge < -0.3 is 14.8 Å². The standard InChI is InChI=1S/C20H19FN2O4/c1-26-20(25)12-2-3-13(21)14(10-12)23-19(24)18-16-5-4-15(27-16)17(18)11-6-8-22-9-7-11/h2-3,6-10,15-18H,4-5H2,1H3,(H,23,24)/t15-,16+,17+,18+/m0/s1. The van der Waals surface area contributed by atoms with Crippen LogP contribution in [0.3, 0.4) is 0 Å². The summed E-state index contributed by atoms with van der Waals surface area (Å²) in [5.74, 6) is -2.04. The molecule has 0 spiro atoms. The summed E-state index contributed by atoms with van der Waals surface area (Å²) >= 11 is 0. The van der Waals surface area contributed by atoms with E-state index in [1.807, 2.05) is 12.1 Å². The van der Waals surface area contributed by atoms with Gasteiger partial charge in [0.25, 0.3) is 0 Å². The van der Waals surface area contributed by atoms with E-state index in [2.05, 4.69) is 15.0 Å². The first kappa shape index (κ1) is 17.6. The van der Waals surface area contributed by atoms with E-state index in [4.69, 9.17) is 4.74 Å². The van der Waals surface area contributed by atoms with Crippen LogP contribution in [0.25, 0.3) is 0 Å². The number of hydrogen-bond donors (Lipinski definition) is 1. The van der Waals surface area contributed by atoms with E-state index in [1.54, 1.807) is 12.4 Å². The minimum Gasteiger partial charge on any atom is -0.465 e. The highest BCUT2D eigenvalue weighted by molar-refractivity contribution is 5.96. The molecule has 3 heterocycles. The van der Waals surface area contributed by atoms with Gasteiger partial charge in [0.1, 0.15) is 5.82 Å². The van der Waals surface area contributed by atoms with Gasteiger partial charge in [-0.15, -0.1) is 0 Å². The van der Waals surface area contributed by atoms with E-state index in [0.717, 1.165) is 24.5 Å². The number of ether oxygens (including phenoxy) is 2. The number of fused-ring (bicyclic) bond motifs is 2. The molecule has 2 aliphatic heterocycles. The molecule has 27 heavy (non-hydrogen) atoms. The van der Waals surface area contributed by atoms with Crippen molar-refractivity contribution in [2.75, 3.05) is 12.4 Å². The van der Waals surface area contributed by atoms with Crippen LogP contribution in [0.4, 0.5) is 10.1 Å². The number of pyridine rings is 1. The Hall–Kier alpha value is -2.80. The highest BCUT2D eigenvalue weighted by atomic mass is 19.1. The first-order valence-corrected chi connectivity index (χ1v) is 8.82. The topological polar surface area (TPSA) is 77.5 Å². The molecule has 1 aromatic carbocycles. The fraction of sp³-hybridized carbons (Fsp3) is 0.350. The minimum absolute atomic E-state index is 0.0283. The average molecular weight is 370 g/mol. The monoisotopic (exact) mass is 370 g/mol. The molecule has 4 rings (SSSR count). The van der Waals surface area contributed by atoms with Gasteiger partial charge >= 0.3 is 5.97 Å². The zero-order chi connectivity index (χ0) is 19.0. The number of aromatic nitrogens is 1. The summed E-state index contributed by atoms with van der Waals surface area (Å²) < 4.78 is 24.8. The quantitative estimate of drug-likeness (QED) is 0.838. The Kier molecular flexibility index (Phi) is 4.61. The van der Waals surface area contributed by atoms with Gasteiger partial charge in [0, 0.05) is 18.3 Å². The second-order valence-electron chi connectivity index (χ2n) is 6.80. The lowest BCUT2D eigenvalue weighted by atomic mass is 9.75. The predicted octanol–water partition coefficient (Wildman–Crippen LogP) is 2.91. The van der Waals surface area contributed by atoms with Gasteiger partial charge in [-0.05, 0) is 48.7 Å². The Labute approximate surface area is 155 Å². The summed E-state index contributed by atoms with van der Waals surface area (Å²) in [6.45, 7) is 0. The third kappa shape index (κ3) is 3.19. The zero-order valence-electron chi connectivity index (χ0n) is 14.7. The Bertz CT molecular complexity index is 874. The molecule has 6 nitrogen and oxygen atoms in total. The maximum Gasteiger partial charge on any atom is 0.337 e. The Balaban J connectivity index is 1.60. The Morgan fingerprint density at radius 3 is 2.67 bits per heavy atom. The van der Waals surface area contributed by atoms with Crippen LogP contribution < -0.4 is 5.32 Å². The van der Waals surface area contributed by atoms with Crippen molar-refractivity contribution in [3.63, 3.8) is 0 Å². The molecule has 0 unspecified atom stereocenters. The van der Waals surface area contributed by atoms with Crippen molar-refractivity contribution >= 4 is 17.6 Å². The third-order valence-corrected chi connectivity index (χ3v) is 5.31. The molecule has 2 bridgehead atoms. The van der Waals surface area contributed by atoms with Crippen LogP contribution in [0.5, 0.6) is 0 Å². The Morgan fingerprint density at radius 2 is 1.93 bits per heavy atom. The van der Waals surface area contributed by atoms with Gasteiger partial charge in [0.15, 0.2) is 0 Å². The lowest BCUT2D eigenvalue weighted by Crippen LogP contribution is -2.36. The molecule has 4 atom stereocenters. The fourth-order valence-corrected chi connectivity index (χ4v) is 4.10. The number of rotatable bonds is 4. The van der Waals surface area contributed by atoms with E-state index in [9.17, 15) is 14.0 Å². The molecular formula is C20H19FN2O4. The number of amides is 1. The van der Waals surface area contributed by atoms with Crippen molar-refractivity contribution in [2.45, 2.75) is 31.0 Å². The van der Waals surface area contributed by atoms with Crippen LogP contribution >= 0.6 is 0 Å². The van der Waals surface area contributed by atoms with Crippen molar-refractivity contribution in [2.24, 2.45) is 5.92 Å². The van der Waals surface area contributed by atoms with Gasteiger partial charge in [-0.2, -0.15) is 0 Å². The largest absolute Gasteiger partial charge is 0.465 e. The second-order valence-corrected chi connectivity index (χ2v) is 6.80. The molecule has 2 aromatic rings. The van der Waals surface area contributed by atoms with Crippen LogP contribution in [0, 0.1) is 11.7 Å². The first-order valence-electron chi connectivity index (χ1n) is 8.82. The number of carbonyl (C=O) groups excluding carboxylic acids is 2. The number of esters is 1. The molecule has 1 aromatic heterocycles. The van der Waals surface area contributed by atoms with Crippen molar-refractivity contribution in [3.8, 4) is 0 Å². The summed E-state index contributed by atoms with van der Waals surface area (Å²) in [5, 5.41) is 2.64. The smallest absolute Gasteiger partial charge is 0.337 e. The van der Waals surface area contributed by atoms with E-state index >= 15 is 0 Å². The maximum atomic E-state index is 14.2. The fourth-order valence-electron chi connectivity index (χ4n) is 4.10. The SMILES string of the molecule is COC(=O)c1ccc(F)c(NC(=O)[C@H]2[C@H](c3ccncc3)[C@@H]3CC[C@H]2O3)c1. The molecule has 7 heteroatoms. The van der Waals surface area contributed by atoms with Crippen molar-refractivity contribution in [1.82, 2.24) is 4.98 Å². The maximum absolute atomic E-state index is 14.2. The second kappa shape index (κ2) is 7.08. The van der Waals surface area contributed by atoms with Crippen LogP contribution in [-0.2, 0) is 14.3 Å².